The van der Waals surface area contributed by atoms with Gasteiger partial charge in [0.1, 0.15) is 23.4 Å². The molecule has 0 spiro atoms. The van der Waals surface area contributed by atoms with E-state index in [1.807, 2.05) is 19.9 Å². The number of nitrogens with zero attached hydrogens (tertiary/aromatic N) is 1. The van der Waals surface area contributed by atoms with E-state index < -0.39 is 12.1 Å². The summed E-state index contributed by atoms with van der Waals surface area (Å²) in [6.07, 6.45) is 4.49. The number of aromatic nitrogens is 1. The molecule has 0 fully saturated rings. The van der Waals surface area contributed by atoms with Gasteiger partial charge in [-0.25, -0.2) is 9.18 Å². The Kier molecular flexibility index (Phi) is 8.35. The highest BCUT2D eigenvalue weighted by Crippen LogP contribution is 2.27. The van der Waals surface area contributed by atoms with Crippen LogP contribution < -0.4 is 20.7 Å². The SMILES string of the molecule is CCCC(NC(=O)NCc1ccc(F)cc1)C(=O)Nc1ccc(Oc2cccnc2)c(C)c1. The van der Waals surface area contributed by atoms with Crippen LogP contribution >= 0.6 is 0 Å². The molecule has 0 saturated carbocycles. The average molecular weight is 451 g/mol. The maximum absolute atomic E-state index is 13.0. The van der Waals surface area contributed by atoms with E-state index in [0.717, 1.165) is 11.1 Å². The van der Waals surface area contributed by atoms with Crippen molar-refractivity contribution in [2.24, 2.45) is 0 Å². The third-order valence-corrected chi connectivity index (χ3v) is 4.87. The molecule has 3 amide bonds. The highest BCUT2D eigenvalue weighted by atomic mass is 19.1. The van der Waals surface area contributed by atoms with Gasteiger partial charge in [-0.2, -0.15) is 0 Å². The van der Waals surface area contributed by atoms with Crippen molar-refractivity contribution in [3.8, 4) is 11.5 Å². The second-order valence-corrected chi connectivity index (χ2v) is 7.56. The highest BCUT2D eigenvalue weighted by molar-refractivity contribution is 5.97. The molecule has 33 heavy (non-hydrogen) atoms. The molecule has 8 heteroatoms. The lowest BCUT2D eigenvalue weighted by Crippen LogP contribution is -2.47. The maximum atomic E-state index is 13.0. The standard InChI is InChI=1S/C25H27FN4O3/c1-3-5-22(30-25(32)28-15-18-7-9-19(26)10-8-18)24(31)29-20-11-12-23(17(2)14-20)33-21-6-4-13-27-16-21/h4,6-14,16,22H,3,5,15H2,1-2H3,(H,29,31)(H2,28,30,32). The lowest BCUT2D eigenvalue weighted by atomic mass is 10.1. The van der Waals surface area contributed by atoms with Crippen LogP contribution in [0.4, 0.5) is 14.9 Å². The van der Waals surface area contributed by atoms with Gasteiger partial charge in [-0.15, -0.1) is 0 Å². The summed E-state index contributed by atoms with van der Waals surface area (Å²) in [5, 5.41) is 8.26. The zero-order valence-corrected chi connectivity index (χ0v) is 18.6. The minimum Gasteiger partial charge on any atom is -0.455 e. The number of ether oxygens (including phenoxy) is 1. The van der Waals surface area contributed by atoms with Crippen molar-refractivity contribution in [2.45, 2.75) is 39.3 Å². The summed E-state index contributed by atoms with van der Waals surface area (Å²) in [5.74, 6) is 0.629. The first-order valence-electron chi connectivity index (χ1n) is 10.7. The quantitative estimate of drug-likeness (QED) is 0.431. The molecule has 0 aliphatic rings. The molecule has 0 aliphatic heterocycles. The van der Waals surface area contributed by atoms with Gasteiger partial charge in [-0.3, -0.25) is 9.78 Å². The zero-order chi connectivity index (χ0) is 23.6. The predicted octanol–water partition coefficient (Wildman–Crippen LogP) is 4.93. The molecule has 3 rings (SSSR count). The summed E-state index contributed by atoms with van der Waals surface area (Å²) in [5.41, 5.74) is 2.20. The molecule has 0 bridgehead atoms. The summed E-state index contributed by atoms with van der Waals surface area (Å²) < 4.78 is 18.8. The molecule has 1 unspecified atom stereocenters. The maximum Gasteiger partial charge on any atom is 0.315 e. The Bertz CT molecular complexity index is 1070. The fraction of sp³-hybridized carbons (Fsp3) is 0.240. The predicted molar refractivity (Wildman–Crippen MR) is 125 cm³/mol. The second kappa shape index (κ2) is 11.6. The normalized spacial score (nSPS) is 11.4. The Morgan fingerprint density at radius 3 is 2.58 bits per heavy atom. The molecular formula is C25H27FN4O3. The number of aryl methyl sites for hydroxylation is 1. The lowest BCUT2D eigenvalue weighted by Gasteiger charge is -2.19. The smallest absolute Gasteiger partial charge is 0.315 e. The molecular weight excluding hydrogens is 423 g/mol. The largest absolute Gasteiger partial charge is 0.455 e. The van der Waals surface area contributed by atoms with Crippen LogP contribution in [0.3, 0.4) is 0 Å². The van der Waals surface area contributed by atoms with Gasteiger partial charge in [0.2, 0.25) is 5.91 Å². The fourth-order valence-corrected chi connectivity index (χ4v) is 3.16. The van der Waals surface area contributed by atoms with Gasteiger partial charge in [0.15, 0.2) is 0 Å². The number of halogens is 1. The number of carbonyl (C=O) groups is 2. The van der Waals surface area contributed by atoms with Crippen LogP contribution in [0.1, 0.15) is 30.9 Å². The van der Waals surface area contributed by atoms with Crippen LogP contribution in [0, 0.1) is 12.7 Å². The number of carbonyl (C=O) groups excluding carboxylic acids is 2. The van der Waals surface area contributed by atoms with Crippen molar-refractivity contribution >= 4 is 17.6 Å². The van der Waals surface area contributed by atoms with Gasteiger partial charge in [-0.1, -0.05) is 25.5 Å². The molecule has 172 valence electrons. The monoisotopic (exact) mass is 450 g/mol. The Morgan fingerprint density at radius 2 is 1.91 bits per heavy atom. The van der Waals surface area contributed by atoms with Gasteiger partial charge in [0, 0.05) is 18.4 Å². The molecule has 0 radical (unpaired) electrons. The van der Waals surface area contributed by atoms with Gasteiger partial charge < -0.3 is 20.7 Å². The van der Waals surface area contributed by atoms with Crippen molar-refractivity contribution in [1.82, 2.24) is 15.6 Å². The van der Waals surface area contributed by atoms with Crippen molar-refractivity contribution in [1.29, 1.82) is 0 Å². The van der Waals surface area contributed by atoms with E-state index >= 15 is 0 Å². The average Bonchev–Trinajstić information content (AvgIpc) is 2.81. The minimum atomic E-state index is -0.699. The van der Waals surface area contributed by atoms with E-state index in [4.69, 9.17) is 4.74 Å². The second-order valence-electron chi connectivity index (χ2n) is 7.56. The molecule has 0 saturated heterocycles. The van der Waals surface area contributed by atoms with E-state index in [9.17, 15) is 14.0 Å². The molecule has 3 aromatic rings. The van der Waals surface area contributed by atoms with Gasteiger partial charge in [-0.05, 0) is 66.9 Å². The number of hydrogen-bond donors (Lipinski definition) is 3. The summed E-state index contributed by atoms with van der Waals surface area (Å²) in [4.78, 5) is 29.1. The molecule has 1 aromatic heterocycles. The number of benzene rings is 2. The van der Waals surface area contributed by atoms with Crippen molar-refractivity contribution in [3.63, 3.8) is 0 Å². The Balaban J connectivity index is 1.57. The van der Waals surface area contributed by atoms with Crippen molar-refractivity contribution in [2.75, 3.05) is 5.32 Å². The first-order valence-corrected chi connectivity index (χ1v) is 10.7. The number of urea groups is 1. The lowest BCUT2D eigenvalue weighted by molar-refractivity contribution is -0.118. The first kappa shape index (κ1) is 23.7. The Labute approximate surface area is 192 Å². The van der Waals surface area contributed by atoms with Crippen LogP contribution in [0.15, 0.2) is 67.0 Å². The van der Waals surface area contributed by atoms with Gasteiger partial charge >= 0.3 is 6.03 Å². The van der Waals surface area contributed by atoms with E-state index in [1.54, 1.807) is 48.8 Å². The van der Waals surface area contributed by atoms with Gasteiger partial charge in [0.05, 0.1) is 6.20 Å². The van der Waals surface area contributed by atoms with Crippen molar-refractivity contribution in [3.05, 3.63) is 83.9 Å². The summed E-state index contributed by atoms with van der Waals surface area (Å²) in [6, 6.07) is 13.6. The van der Waals surface area contributed by atoms with Crippen LogP contribution in [-0.2, 0) is 11.3 Å². The number of hydrogen-bond acceptors (Lipinski definition) is 4. The Morgan fingerprint density at radius 1 is 1.12 bits per heavy atom. The highest BCUT2D eigenvalue weighted by Gasteiger charge is 2.20. The summed E-state index contributed by atoms with van der Waals surface area (Å²) >= 11 is 0. The van der Waals surface area contributed by atoms with Gasteiger partial charge in [0.25, 0.3) is 0 Å². The van der Waals surface area contributed by atoms with E-state index in [1.165, 1.54) is 12.1 Å². The third-order valence-electron chi connectivity index (χ3n) is 4.87. The fourth-order valence-electron chi connectivity index (χ4n) is 3.16. The van der Waals surface area contributed by atoms with Crippen LogP contribution in [-0.4, -0.2) is 23.0 Å². The topological polar surface area (TPSA) is 92.4 Å². The number of pyridine rings is 1. The third kappa shape index (κ3) is 7.31. The number of amides is 3. The molecule has 1 heterocycles. The zero-order valence-electron chi connectivity index (χ0n) is 18.6. The number of anilines is 1. The molecule has 1 atom stereocenters. The van der Waals surface area contributed by atoms with Crippen LogP contribution in [0.2, 0.25) is 0 Å². The number of nitrogens with one attached hydrogen (secondary N) is 3. The molecule has 7 nitrogen and oxygen atoms in total. The molecule has 0 aliphatic carbocycles. The van der Waals surface area contributed by atoms with E-state index in [-0.39, 0.29) is 18.3 Å². The minimum absolute atomic E-state index is 0.226. The first-order chi connectivity index (χ1) is 15.9. The Hall–Kier alpha value is -3.94. The van der Waals surface area contributed by atoms with Crippen molar-refractivity contribution < 1.29 is 18.7 Å². The number of rotatable bonds is 9. The van der Waals surface area contributed by atoms with Crippen LogP contribution in [0.5, 0.6) is 11.5 Å². The van der Waals surface area contributed by atoms with Crippen LogP contribution in [0.25, 0.3) is 0 Å². The van der Waals surface area contributed by atoms with E-state index in [2.05, 4.69) is 20.9 Å². The van der Waals surface area contributed by atoms with E-state index in [0.29, 0.717) is 30.0 Å². The molecule has 2 aromatic carbocycles. The molecule has 3 N–H and O–H groups in total. The summed E-state index contributed by atoms with van der Waals surface area (Å²) in [6.45, 7) is 4.04. The summed E-state index contributed by atoms with van der Waals surface area (Å²) in [7, 11) is 0.